The third-order valence-corrected chi connectivity index (χ3v) is 6.74. The van der Waals surface area contributed by atoms with Crippen LogP contribution in [0.3, 0.4) is 0 Å². The van der Waals surface area contributed by atoms with E-state index in [1.54, 1.807) is 11.1 Å². The van der Waals surface area contributed by atoms with Crippen molar-refractivity contribution in [2.75, 3.05) is 13.1 Å². The maximum absolute atomic E-state index is 13.4. The lowest BCUT2D eigenvalue weighted by Crippen LogP contribution is -2.41. The molecule has 3 aromatic rings. The van der Waals surface area contributed by atoms with Gasteiger partial charge in [0.25, 0.3) is 5.91 Å². The molecule has 2 aromatic carbocycles. The van der Waals surface area contributed by atoms with Gasteiger partial charge in [-0.3, -0.25) is 4.79 Å². The fourth-order valence-corrected chi connectivity index (χ4v) is 4.81. The van der Waals surface area contributed by atoms with Crippen LogP contribution in [0.4, 0.5) is 4.79 Å². The van der Waals surface area contributed by atoms with Crippen molar-refractivity contribution in [2.45, 2.75) is 72.4 Å². The van der Waals surface area contributed by atoms with E-state index < -0.39 is 5.60 Å². The Morgan fingerprint density at radius 2 is 1.65 bits per heavy atom. The molecule has 1 aromatic heterocycles. The minimum atomic E-state index is -0.530. The summed E-state index contributed by atoms with van der Waals surface area (Å²) in [6, 6.07) is 14.4. The molecule has 0 aliphatic carbocycles. The fraction of sp³-hybridized carbons (Fsp3) is 0.433. The molecule has 7 nitrogen and oxygen atoms in total. The lowest BCUT2D eigenvalue weighted by molar-refractivity contribution is 0.0203. The largest absolute Gasteiger partial charge is 0.444 e. The number of benzene rings is 2. The van der Waals surface area contributed by atoms with Crippen molar-refractivity contribution >= 4 is 12.0 Å². The molecule has 37 heavy (non-hydrogen) atoms. The molecule has 2 heterocycles. The van der Waals surface area contributed by atoms with Gasteiger partial charge in [0.2, 0.25) is 0 Å². The van der Waals surface area contributed by atoms with E-state index in [-0.39, 0.29) is 17.9 Å². The Labute approximate surface area is 219 Å². The monoisotopic (exact) mass is 502 g/mol. The molecule has 1 fully saturated rings. The van der Waals surface area contributed by atoms with Crippen LogP contribution in [-0.2, 0) is 11.3 Å². The van der Waals surface area contributed by atoms with Gasteiger partial charge in [0.1, 0.15) is 5.60 Å². The van der Waals surface area contributed by atoms with Gasteiger partial charge >= 0.3 is 6.09 Å². The van der Waals surface area contributed by atoms with Crippen LogP contribution in [0.15, 0.2) is 48.7 Å². The highest BCUT2D eigenvalue weighted by atomic mass is 16.6. The Kier molecular flexibility index (Phi) is 7.71. The number of aromatic nitrogens is 2. The lowest BCUT2D eigenvalue weighted by atomic mass is 9.90. The molecule has 1 N–H and O–H groups in total. The first-order chi connectivity index (χ1) is 17.5. The van der Waals surface area contributed by atoms with Gasteiger partial charge in [-0.15, -0.1) is 0 Å². The Morgan fingerprint density at radius 1 is 1.00 bits per heavy atom. The maximum atomic E-state index is 13.4. The average molecular weight is 503 g/mol. The minimum absolute atomic E-state index is 0.0852. The molecule has 196 valence electrons. The van der Waals surface area contributed by atoms with Crippen LogP contribution in [0.1, 0.15) is 77.8 Å². The summed E-state index contributed by atoms with van der Waals surface area (Å²) >= 11 is 0. The zero-order chi connectivity index (χ0) is 26.7. The van der Waals surface area contributed by atoms with E-state index in [2.05, 4.69) is 37.4 Å². The molecule has 0 atom stereocenters. The van der Waals surface area contributed by atoms with Crippen molar-refractivity contribution < 1.29 is 14.3 Å². The predicted octanol–water partition coefficient (Wildman–Crippen LogP) is 5.84. The van der Waals surface area contributed by atoms with Crippen LogP contribution < -0.4 is 5.32 Å². The van der Waals surface area contributed by atoms with Crippen LogP contribution in [0.5, 0.6) is 0 Å². The molecular formula is C30H38N4O3. The number of nitrogens with one attached hydrogen (secondary N) is 1. The summed E-state index contributed by atoms with van der Waals surface area (Å²) in [5, 5.41) is 7.77. The van der Waals surface area contributed by atoms with E-state index in [1.807, 2.05) is 56.6 Å². The Bertz CT molecular complexity index is 1260. The number of likely N-dealkylation sites (tertiary alicyclic amines) is 1. The Balaban J connectivity index is 1.59. The van der Waals surface area contributed by atoms with Crippen LogP contribution in [0, 0.1) is 20.8 Å². The van der Waals surface area contributed by atoms with E-state index in [9.17, 15) is 9.59 Å². The van der Waals surface area contributed by atoms with Gasteiger partial charge < -0.3 is 15.0 Å². The molecule has 7 heteroatoms. The highest BCUT2D eigenvalue weighted by Gasteiger charge is 2.32. The molecule has 0 unspecified atom stereocenters. The van der Waals surface area contributed by atoms with Crippen molar-refractivity contribution in [3.8, 4) is 5.69 Å². The molecule has 1 aliphatic rings. The second kappa shape index (κ2) is 10.8. The lowest BCUT2D eigenvalue weighted by Gasteiger charge is -2.34. The first-order valence-corrected chi connectivity index (χ1v) is 13.0. The number of nitrogens with zero attached hydrogens (tertiary/aromatic N) is 3. The molecule has 2 amide bonds. The first kappa shape index (κ1) is 26.5. The van der Waals surface area contributed by atoms with Crippen molar-refractivity contribution in [3.63, 3.8) is 0 Å². The maximum Gasteiger partial charge on any atom is 0.410 e. The van der Waals surface area contributed by atoms with E-state index in [4.69, 9.17) is 9.84 Å². The summed E-state index contributed by atoms with van der Waals surface area (Å²) in [5.41, 5.74) is 6.43. The molecule has 4 rings (SSSR count). The smallest absolute Gasteiger partial charge is 0.410 e. The number of aryl methyl sites for hydroxylation is 3. The van der Waals surface area contributed by atoms with Crippen molar-refractivity contribution in [2.24, 2.45) is 0 Å². The van der Waals surface area contributed by atoms with Gasteiger partial charge in [-0.05, 0) is 71.6 Å². The molecule has 1 saturated heterocycles. The zero-order valence-corrected chi connectivity index (χ0v) is 22.8. The summed E-state index contributed by atoms with van der Waals surface area (Å²) in [6.07, 6.45) is 2.85. The summed E-state index contributed by atoms with van der Waals surface area (Å²) in [6.45, 7) is 13.4. The second-order valence-electron chi connectivity index (χ2n) is 11.1. The standard InChI is InChI=1S/C30H38N4O3/c1-20-7-10-23(11-8-20)18-31-28(35)25-19-32-34(26-12-9-21(2)17-22(26)3)27(25)24-13-15-33(16-14-24)29(36)37-30(4,5)6/h7-12,17,19,24H,13-16,18H2,1-6H3,(H,31,35). The number of carbonyl (C=O) groups is 2. The van der Waals surface area contributed by atoms with E-state index in [0.717, 1.165) is 35.3 Å². The fourth-order valence-electron chi connectivity index (χ4n) is 4.81. The highest BCUT2D eigenvalue weighted by molar-refractivity contribution is 5.95. The topological polar surface area (TPSA) is 76.5 Å². The summed E-state index contributed by atoms with van der Waals surface area (Å²) in [5.74, 6) is -0.0526. The van der Waals surface area contributed by atoms with Gasteiger partial charge in [0.05, 0.1) is 23.1 Å². The number of carbonyl (C=O) groups excluding carboxylic acids is 2. The molecule has 1 aliphatic heterocycles. The van der Waals surface area contributed by atoms with Gasteiger partial charge in [-0.1, -0.05) is 47.5 Å². The Morgan fingerprint density at radius 3 is 2.27 bits per heavy atom. The third kappa shape index (κ3) is 6.40. The number of rotatable bonds is 5. The number of hydrogen-bond acceptors (Lipinski definition) is 4. The second-order valence-corrected chi connectivity index (χ2v) is 11.1. The summed E-state index contributed by atoms with van der Waals surface area (Å²) in [7, 11) is 0. The number of amides is 2. The average Bonchev–Trinajstić information content (AvgIpc) is 3.27. The van der Waals surface area contributed by atoms with Crippen LogP contribution in [-0.4, -0.2) is 45.4 Å². The quantitative estimate of drug-likeness (QED) is 0.475. The van der Waals surface area contributed by atoms with Crippen LogP contribution >= 0.6 is 0 Å². The van der Waals surface area contributed by atoms with Gasteiger partial charge in [0.15, 0.2) is 0 Å². The third-order valence-electron chi connectivity index (χ3n) is 6.74. The number of ether oxygens (including phenoxy) is 1. The molecule has 0 radical (unpaired) electrons. The van der Waals surface area contributed by atoms with E-state index >= 15 is 0 Å². The summed E-state index contributed by atoms with van der Waals surface area (Å²) in [4.78, 5) is 27.8. The summed E-state index contributed by atoms with van der Waals surface area (Å²) < 4.78 is 7.49. The van der Waals surface area contributed by atoms with Gasteiger partial charge in [-0.25, -0.2) is 9.48 Å². The predicted molar refractivity (Wildman–Crippen MR) is 145 cm³/mol. The van der Waals surface area contributed by atoms with E-state index in [1.165, 1.54) is 11.1 Å². The number of hydrogen-bond donors (Lipinski definition) is 1. The minimum Gasteiger partial charge on any atom is -0.444 e. The van der Waals surface area contributed by atoms with Crippen molar-refractivity contribution in [1.29, 1.82) is 0 Å². The molecule has 0 spiro atoms. The van der Waals surface area contributed by atoms with Crippen molar-refractivity contribution in [3.05, 3.63) is 82.2 Å². The molecule has 0 bridgehead atoms. The van der Waals surface area contributed by atoms with Gasteiger partial charge in [0, 0.05) is 25.6 Å². The van der Waals surface area contributed by atoms with Crippen LogP contribution in [0.25, 0.3) is 5.69 Å². The molecule has 0 saturated carbocycles. The molecular weight excluding hydrogens is 464 g/mol. The highest BCUT2D eigenvalue weighted by Crippen LogP contribution is 2.33. The Hall–Kier alpha value is -3.61. The zero-order valence-electron chi connectivity index (χ0n) is 22.8. The SMILES string of the molecule is Cc1ccc(CNC(=O)c2cnn(-c3ccc(C)cc3C)c2C2CCN(C(=O)OC(C)(C)C)CC2)cc1. The van der Waals surface area contributed by atoms with Gasteiger partial charge in [-0.2, -0.15) is 5.10 Å². The number of piperidine rings is 1. The van der Waals surface area contributed by atoms with E-state index in [0.29, 0.717) is 25.2 Å². The van der Waals surface area contributed by atoms with Crippen molar-refractivity contribution in [1.82, 2.24) is 20.0 Å². The van der Waals surface area contributed by atoms with Crippen LogP contribution in [0.2, 0.25) is 0 Å². The normalized spacial score (nSPS) is 14.5. The first-order valence-electron chi connectivity index (χ1n) is 13.0.